The molecule has 0 heterocycles. The highest BCUT2D eigenvalue weighted by Crippen LogP contribution is 2.22. The summed E-state index contributed by atoms with van der Waals surface area (Å²) in [6, 6.07) is 10.7. The van der Waals surface area contributed by atoms with Gasteiger partial charge in [0.1, 0.15) is 0 Å². The molecule has 0 radical (unpaired) electrons. The Balaban J connectivity index is 2.48. The summed E-state index contributed by atoms with van der Waals surface area (Å²) in [5.41, 5.74) is 0. The number of guanidine groups is 1. The van der Waals surface area contributed by atoms with Gasteiger partial charge < -0.3 is 15.4 Å². The minimum absolute atomic E-state index is 0.241. The number of hydrogen-bond donors (Lipinski definition) is 2. The lowest BCUT2D eigenvalue weighted by Crippen LogP contribution is -2.44. The first-order valence-corrected chi connectivity index (χ1v) is 8.29. The third-order valence-electron chi connectivity index (χ3n) is 2.73. The van der Waals surface area contributed by atoms with Crippen LogP contribution in [0.1, 0.15) is 20.8 Å². The van der Waals surface area contributed by atoms with Crippen LogP contribution in [-0.4, -0.2) is 44.1 Å². The normalized spacial score (nSPS) is 14.6. The third kappa shape index (κ3) is 7.97. The summed E-state index contributed by atoms with van der Waals surface area (Å²) in [6.45, 7) is 8.64. The standard InChI is InChI=1S/C16H27N3OS/c1-5-17-16(19-13(2)12-20-4)18-11-14(3)21-15-9-7-6-8-10-15/h6-10,13-14H,5,11-12H2,1-4H3,(H2,17,18,19). The lowest BCUT2D eigenvalue weighted by atomic mass is 10.4. The monoisotopic (exact) mass is 309 g/mol. The number of benzene rings is 1. The largest absolute Gasteiger partial charge is 0.383 e. The number of nitrogens with one attached hydrogen (secondary N) is 2. The topological polar surface area (TPSA) is 45.7 Å². The Bertz CT molecular complexity index is 411. The molecule has 5 heteroatoms. The van der Waals surface area contributed by atoms with Gasteiger partial charge in [0.25, 0.3) is 0 Å². The van der Waals surface area contributed by atoms with Crippen molar-refractivity contribution in [2.24, 2.45) is 4.99 Å². The molecule has 2 atom stereocenters. The Hall–Kier alpha value is -1.20. The molecule has 1 aromatic rings. The van der Waals surface area contributed by atoms with Crippen LogP contribution in [0.3, 0.4) is 0 Å². The van der Waals surface area contributed by atoms with E-state index in [9.17, 15) is 0 Å². The van der Waals surface area contributed by atoms with Crippen LogP contribution >= 0.6 is 11.8 Å². The van der Waals surface area contributed by atoms with Gasteiger partial charge in [-0.3, -0.25) is 4.99 Å². The minimum Gasteiger partial charge on any atom is -0.383 e. The molecule has 2 N–H and O–H groups in total. The molecule has 1 aromatic carbocycles. The maximum Gasteiger partial charge on any atom is 0.191 e. The van der Waals surface area contributed by atoms with E-state index in [1.54, 1.807) is 7.11 Å². The van der Waals surface area contributed by atoms with E-state index in [1.807, 2.05) is 17.8 Å². The summed E-state index contributed by atoms with van der Waals surface area (Å²) < 4.78 is 5.14. The van der Waals surface area contributed by atoms with Crippen LogP contribution in [0.2, 0.25) is 0 Å². The summed E-state index contributed by atoms with van der Waals surface area (Å²) in [7, 11) is 1.71. The number of rotatable bonds is 8. The Morgan fingerprint density at radius 1 is 1.29 bits per heavy atom. The maximum atomic E-state index is 5.14. The number of hydrogen-bond acceptors (Lipinski definition) is 3. The zero-order valence-corrected chi connectivity index (χ0v) is 14.2. The molecule has 0 amide bonds. The molecule has 0 aromatic heterocycles. The molecule has 2 unspecified atom stereocenters. The van der Waals surface area contributed by atoms with Gasteiger partial charge in [0, 0.05) is 29.8 Å². The molecule has 0 aliphatic carbocycles. The number of thioether (sulfide) groups is 1. The molecule has 0 fully saturated rings. The molecule has 118 valence electrons. The van der Waals surface area contributed by atoms with Crippen molar-refractivity contribution in [2.45, 2.75) is 37.0 Å². The van der Waals surface area contributed by atoms with E-state index in [2.05, 4.69) is 60.7 Å². The van der Waals surface area contributed by atoms with Crippen LogP contribution in [-0.2, 0) is 4.74 Å². The SMILES string of the molecule is CCNC(=NCC(C)Sc1ccccc1)NC(C)COC. The highest BCUT2D eigenvalue weighted by atomic mass is 32.2. The van der Waals surface area contributed by atoms with E-state index in [0.29, 0.717) is 11.9 Å². The van der Waals surface area contributed by atoms with Crippen molar-refractivity contribution in [2.75, 3.05) is 26.8 Å². The van der Waals surface area contributed by atoms with Gasteiger partial charge >= 0.3 is 0 Å². The number of ether oxygens (including phenoxy) is 1. The Kier molecular flexibility index (Phi) is 8.94. The zero-order valence-electron chi connectivity index (χ0n) is 13.4. The van der Waals surface area contributed by atoms with Gasteiger partial charge in [0.15, 0.2) is 5.96 Å². The molecule has 1 rings (SSSR count). The number of methoxy groups -OCH3 is 1. The van der Waals surface area contributed by atoms with Crippen LogP contribution in [0.5, 0.6) is 0 Å². The first-order chi connectivity index (χ1) is 10.2. The Labute approximate surface area is 132 Å². The van der Waals surface area contributed by atoms with E-state index in [-0.39, 0.29) is 6.04 Å². The van der Waals surface area contributed by atoms with Gasteiger partial charge in [-0.05, 0) is 26.0 Å². The van der Waals surface area contributed by atoms with Crippen molar-refractivity contribution in [1.29, 1.82) is 0 Å². The van der Waals surface area contributed by atoms with Gasteiger partial charge in [-0.2, -0.15) is 0 Å². The molecular formula is C16H27N3OS. The van der Waals surface area contributed by atoms with Crippen molar-refractivity contribution in [3.05, 3.63) is 30.3 Å². The molecule has 21 heavy (non-hydrogen) atoms. The van der Waals surface area contributed by atoms with Crippen LogP contribution in [0, 0.1) is 0 Å². The third-order valence-corrected chi connectivity index (χ3v) is 3.83. The van der Waals surface area contributed by atoms with Crippen LogP contribution < -0.4 is 10.6 Å². The first-order valence-electron chi connectivity index (χ1n) is 7.41. The first kappa shape index (κ1) is 17.9. The molecule has 0 saturated carbocycles. The lowest BCUT2D eigenvalue weighted by molar-refractivity contribution is 0.179. The molecular weight excluding hydrogens is 282 g/mol. The van der Waals surface area contributed by atoms with Gasteiger partial charge in [-0.1, -0.05) is 25.1 Å². The zero-order chi connectivity index (χ0) is 15.5. The maximum absolute atomic E-state index is 5.14. The second-order valence-electron chi connectivity index (χ2n) is 4.96. The van der Waals surface area contributed by atoms with Crippen LogP contribution in [0.15, 0.2) is 40.2 Å². The summed E-state index contributed by atoms with van der Waals surface area (Å²) in [5.74, 6) is 0.850. The molecule has 0 spiro atoms. The Morgan fingerprint density at radius 3 is 2.62 bits per heavy atom. The highest BCUT2D eigenvalue weighted by molar-refractivity contribution is 8.00. The van der Waals surface area contributed by atoms with Gasteiger partial charge in [-0.15, -0.1) is 11.8 Å². The summed E-state index contributed by atoms with van der Waals surface area (Å²) in [6.07, 6.45) is 0. The van der Waals surface area contributed by atoms with Crippen molar-refractivity contribution in [1.82, 2.24) is 10.6 Å². The predicted octanol–water partition coefficient (Wildman–Crippen LogP) is 2.76. The van der Waals surface area contributed by atoms with Crippen molar-refractivity contribution in [3.8, 4) is 0 Å². The highest BCUT2D eigenvalue weighted by Gasteiger charge is 2.07. The van der Waals surface area contributed by atoms with Gasteiger partial charge in [-0.25, -0.2) is 0 Å². The molecule has 0 bridgehead atoms. The van der Waals surface area contributed by atoms with E-state index in [1.165, 1.54) is 4.90 Å². The Morgan fingerprint density at radius 2 is 2.00 bits per heavy atom. The number of nitrogens with zero attached hydrogens (tertiary/aromatic N) is 1. The number of aliphatic imine (C=N–C) groups is 1. The second kappa shape index (κ2) is 10.5. The summed E-state index contributed by atoms with van der Waals surface area (Å²) in [4.78, 5) is 5.93. The fourth-order valence-corrected chi connectivity index (χ4v) is 2.76. The molecule has 0 aliphatic rings. The molecule has 0 saturated heterocycles. The summed E-state index contributed by atoms with van der Waals surface area (Å²) >= 11 is 1.85. The van der Waals surface area contributed by atoms with E-state index >= 15 is 0 Å². The average Bonchev–Trinajstić information content (AvgIpc) is 2.46. The minimum atomic E-state index is 0.241. The summed E-state index contributed by atoms with van der Waals surface area (Å²) in [5, 5.41) is 7.04. The smallest absolute Gasteiger partial charge is 0.191 e. The second-order valence-corrected chi connectivity index (χ2v) is 6.47. The molecule has 0 aliphatic heterocycles. The van der Waals surface area contributed by atoms with E-state index in [4.69, 9.17) is 4.74 Å². The predicted molar refractivity (Wildman–Crippen MR) is 92.2 cm³/mol. The van der Waals surface area contributed by atoms with Crippen molar-refractivity contribution < 1.29 is 4.74 Å². The van der Waals surface area contributed by atoms with Gasteiger partial charge in [0.05, 0.1) is 13.2 Å². The van der Waals surface area contributed by atoms with E-state index in [0.717, 1.165) is 19.0 Å². The van der Waals surface area contributed by atoms with Crippen LogP contribution in [0.4, 0.5) is 0 Å². The van der Waals surface area contributed by atoms with Crippen molar-refractivity contribution in [3.63, 3.8) is 0 Å². The fourth-order valence-electron chi connectivity index (χ4n) is 1.83. The van der Waals surface area contributed by atoms with Crippen molar-refractivity contribution >= 4 is 17.7 Å². The van der Waals surface area contributed by atoms with E-state index < -0.39 is 0 Å². The average molecular weight is 309 g/mol. The quantitative estimate of drug-likeness (QED) is 0.440. The van der Waals surface area contributed by atoms with Crippen LogP contribution in [0.25, 0.3) is 0 Å². The fraction of sp³-hybridized carbons (Fsp3) is 0.562. The van der Waals surface area contributed by atoms with Gasteiger partial charge in [0.2, 0.25) is 0 Å². The molecule has 4 nitrogen and oxygen atoms in total. The lowest BCUT2D eigenvalue weighted by Gasteiger charge is -2.17.